The normalized spacial score (nSPS) is 18.2. The van der Waals surface area contributed by atoms with Crippen LogP contribution in [-0.4, -0.2) is 11.1 Å². The number of halogens is 4. The zero-order valence-electron chi connectivity index (χ0n) is 12.3. The molecule has 0 radical (unpaired) electrons. The zero-order chi connectivity index (χ0) is 16.5. The van der Waals surface area contributed by atoms with Gasteiger partial charge in [0.15, 0.2) is 0 Å². The van der Waals surface area contributed by atoms with Gasteiger partial charge < -0.3 is 5.11 Å². The highest BCUT2D eigenvalue weighted by atomic mass is 35.5. The SMILES string of the molecule is Cc1cc(CC(=O)O)cc(C(F)(F)F)c1C1(Cl)CCCCC1. The second-order valence-electron chi connectivity index (χ2n) is 5.93. The van der Waals surface area contributed by atoms with E-state index >= 15 is 0 Å². The van der Waals surface area contributed by atoms with Crippen LogP contribution in [0.3, 0.4) is 0 Å². The molecule has 0 bridgehead atoms. The number of hydrogen-bond acceptors (Lipinski definition) is 1. The third-order valence-electron chi connectivity index (χ3n) is 4.15. The molecule has 0 unspecified atom stereocenters. The number of aliphatic carboxylic acids is 1. The molecule has 0 heterocycles. The van der Waals surface area contributed by atoms with Gasteiger partial charge in [0.2, 0.25) is 0 Å². The molecule has 1 N–H and O–H groups in total. The van der Waals surface area contributed by atoms with Gasteiger partial charge in [-0.25, -0.2) is 0 Å². The largest absolute Gasteiger partial charge is 0.481 e. The molecule has 0 aromatic heterocycles. The molecule has 6 heteroatoms. The lowest BCUT2D eigenvalue weighted by molar-refractivity contribution is -0.139. The van der Waals surface area contributed by atoms with Gasteiger partial charge in [0.1, 0.15) is 0 Å². The van der Waals surface area contributed by atoms with Crippen molar-refractivity contribution in [1.82, 2.24) is 0 Å². The summed E-state index contributed by atoms with van der Waals surface area (Å²) in [6.07, 6.45) is -1.37. The minimum atomic E-state index is -4.55. The number of alkyl halides is 4. The van der Waals surface area contributed by atoms with Gasteiger partial charge in [-0.3, -0.25) is 4.79 Å². The maximum absolute atomic E-state index is 13.5. The van der Waals surface area contributed by atoms with Crippen molar-refractivity contribution in [3.63, 3.8) is 0 Å². The Morgan fingerprint density at radius 1 is 1.27 bits per heavy atom. The molecular weight excluding hydrogens is 317 g/mol. The summed E-state index contributed by atoms with van der Waals surface area (Å²) in [7, 11) is 0. The van der Waals surface area contributed by atoms with E-state index in [4.69, 9.17) is 16.7 Å². The number of carboxylic acid groups (broad SMARTS) is 1. The number of aryl methyl sites for hydroxylation is 1. The molecule has 1 aliphatic rings. The molecule has 0 atom stereocenters. The molecule has 1 fully saturated rings. The van der Waals surface area contributed by atoms with Crippen molar-refractivity contribution in [2.75, 3.05) is 0 Å². The van der Waals surface area contributed by atoms with Crippen molar-refractivity contribution >= 4 is 17.6 Å². The summed E-state index contributed by atoms with van der Waals surface area (Å²) in [5.41, 5.74) is -0.101. The van der Waals surface area contributed by atoms with Crippen molar-refractivity contribution in [2.45, 2.75) is 56.5 Å². The van der Waals surface area contributed by atoms with E-state index in [0.717, 1.165) is 25.3 Å². The maximum Gasteiger partial charge on any atom is 0.416 e. The number of rotatable bonds is 3. The van der Waals surface area contributed by atoms with Crippen molar-refractivity contribution in [2.24, 2.45) is 0 Å². The first kappa shape index (κ1) is 17.1. The van der Waals surface area contributed by atoms with Gasteiger partial charge in [0.25, 0.3) is 0 Å². The summed E-state index contributed by atoms with van der Waals surface area (Å²) in [5, 5.41) is 8.81. The van der Waals surface area contributed by atoms with Crippen LogP contribution in [0.15, 0.2) is 12.1 Å². The summed E-state index contributed by atoms with van der Waals surface area (Å²) >= 11 is 6.56. The Balaban J connectivity index is 2.59. The van der Waals surface area contributed by atoms with Gasteiger partial charge in [-0.05, 0) is 42.5 Å². The molecular formula is C16H18ClF3O2. The molecule has 122 valence electrons. The first-order chi connectivity index (χ1) is 10.1. The van der Waals surface area contributed by atoms with E-state index in [1.54, 1.807) is 6.92 Å². The van der Waals surface area contributed by atoms with Crippen molar-refractivity contribution < 1.29 is 23.1 Å². The lowest BCUT2D eigenvalue weighted by atomic mass is 9.78. The number of benzene rings is 1. The van der Waals surface area contributed by atoms with Gasteiger partial charge in [-0.1, -0.05) is 25.3 Å². The van der Waals surface area contributed by atoms with Gasteiger partial charge in [-0.2, -0.15) is 13.2 Å². The monoisotopic (exact) mass is 334 g/mol. The number of hydrogen-bond donors (Lipinski definition) is 1. The Morgan fingerprint density at radius 3 is 2.36 bits per heavy atom. The fraction of sp³-hybridized carbons (Fsp3) is 0.562. The van der Waals surface area contributed by atoms with E-state index in [-0.39, 0.29) is 11.1 Å². The second kappa shape index (κ2) is 6.11. The van der Waals surface area contributed by atoms with Crippen LogP contribution in [0.5, 0.6) is 0 Å². The Labute approximate surface area is 132 Å². The average Bonchev–Trinajstić information content (AvgIpc) is 2.36. The van der Waals surface area contributed by atoms with Crippen LogP contribution in [0.25, 0.3) is 0 Å². The minimum Gasteiger partial charge on any atom is -0.481 e. The Hall–Kier alpha value is -1.23. The topological polar surface area (TPSA) is 37.3 Å². The van der Waals surface area contributed by atoms with E-state index in [1.165, 1.54) is 6.07 Å². The standard InChI is InChI=1S/C16H18ClF3O2/c1-10-7-11(9-13(21)22)8-12(16(18,19)20)14(10)15(17)5-3-2-4-6-15/h7-8H,2-6,9H2,1H3,(H,21,22). The van der Waals surface area contributed by atoms with Crippen molar-refractivity contribution in [3.05, 3.63) is 34.4 Å². The molecule has 0 amide bonds. The fourth-order valence-corrected chi connectivity index (χ4v) is 3.84. The molecule has 1 aromatic rings. The Morgan fingerprint density at radius 2 is 1.86 bits per heavy atom. The lowest BCUT2D eigenvalue weighted by Crippen LogP contribution is -2.28. The van der Waals surface area contributed by atoms with Gasteiger partial charge in [-0.15, -0.1) is 11.6 Å². The highest BCUT2D eigenvalue weighted by molar-refractivity contribution is 6.24. The predicted molar refractivity (Wildman–Crippen MR) is 78.1 cm³/mol. The van der Waals surface area contributed by atoms with Crippen molar-refractivity contribution in [1.29, 1.82) is 0 Å². The second-order valence-corrected chi connectivity index (χ2v) is 6.65. The van der Waals surface area contributed by atoms with E-state index in [0.29, 0.717) is 18.4 Å². The summed E-state index contributed by atoms with van der Waals surface area (Å²) < 4.78 is 40.4. The molecule has 1 aliphatic carbocycles. The number of carbonyl (C=O) groups is 1. The summed E-state index contributed by atoms with van der Waals surface area (Å²) in [6, 6.07) is 2.45. The summed E-state index contributed by atoms with van der Waals surface area (Å²) in [5.74, 6) is -1.15. The van der Waals surface area contributed by atoms with Crippen LogP contribution in [0, 0.1) is 6.92 Å². The molecule has 0 aliphatic heterocycles. The molecule has 0 spiro atoms. The fourth-order valence-electron chi connectivity index (χ4n) is 3.32. The Kier molecular flexibility index (Phi) is 4.76. The lowest BCUT2D eigenvalue weighted by Gasteiger charge is -2.35. The molecule has 2 rings (SSSR count). The smallest absolute Gasteiger partial charge is 0.416 e. The quantitative estimate of drug-likeness (QED) is 0.786. The van der Waals surface area contributed by atoms with Crippen LogP contribution >= 0.6 is 11.6 Å². The Bertz CT molecular complexity index is 575. The van der Waals surface area contributed by atoms with Gasteiger partial charge in [0.05, 0.1) is 16.9 Å². The van der Waals surface area contributed by atoms with Crippen LogP contribution in [0.1, 0.15) is 54.4 Å². The van der Waals surface area contributed by atoms with E-state index in [2.05, 4.69) is 0 Å². The van der Waals surface area contributed by atoms with Crippen LogP contribution in [-0.2, 0) is 22.3 Å². The van der Waals surface area contributed by atoms with E-state index in [9.17, 15) is 18.0 Å². The molecule has 2 nitrogen and oxygen atoms in total. The first-order valence-electron chi connectivity index (χ1n) is 7.25. The minimum absolute atomic E-state index is 0.121. The van der Waals surface area contributed by atoms with Gasteiger partial charge >= 0.3 is 12.1 Å². The highest BCUT2D eigenvalue weighted by Gasteiger charge is 2.42. The average molecular weight is 335 g/mol. The zero-order valence-corrected chi connectivity index (χ0v) is 13.0. The maximum atomic E-state index is 13.5. The predicted octanol–water partition coefficient (Wildman–Crippen LogP) is 5.04. The van der Waals surface area contributed by atoms with Crippen LogP contribution in [0.4, 0.5) is 13.2 Å². The first-order valence-corrected chi connectivity index (χ1v) is 7.63. The van der Waals surface area contributed by atoms with Crippen LogP contribution < -0.4 is 0 Å². The van der Waals surface area contributed by atoms with E-state index < -0.39 is 29.0 Å². The van der Waals surface area contributed by atoms with Crippen molar-refractivity contribution in [3.8, 4) is 0 Å². The highest BCUT2D eigenvalue weighted by Crippen LogP contribution is 2.49. The third-order valence-corrected chi connectivity index (χ3v) is 4.72. The summed E-state index contributed by atoms with van der Waals surface area (Å²) in [6.45, 7) is 1.58. The van der Waals surface area contributed by atoms with E-state index in [1.807, 2.05) is 0 Å². The molecule has 1 aromatic carbocycles. The van der Waals surface area contributed by atoms with Gasteiger partial charge in [0, 0.05) is 0 Å². The molecule has 0 saturated heterocycles. The summed E-state index contributed by atoms with van der Waals surface area (Å²) in [4.78, 5) is 9.78. The molecule has 1 saturated carbocycles. The third kappa shape index (κ3) is 3.57. The number of carboxylic acids is 1. The molecule has 22 heavy (non-hydrogen) atoms. The van der Waals surface area contributed by atoms with Crippen LogP contribution in [0.2, 0.25) is 0 Å².